The molecule has 2 fully saturated rings. The highest BCUT2D eigenvalue weighted by Gasteiger charge is 2.38. The number of likely N-dealkylation sites (tertiary alicyclic amines) is 1. The average molecular weight is 306 g/mol. The third-order valence-electron chi connectivity index (χ3n) is 4.99. The number of ether oxygens (including phenoxy) is 1. The third-order valence-corrected chi connectivity index (χ3v) is 4.99. The zero-order valence-corrected chi connectivity index (χ0v) is 14.5. The number of nitriles is 1. The van der Waals surface area contributed by atoms with Gasteiger partial charge in [-0.15, -0.1) is 0 Å². The highest BCUT2D eigenvalue weighted by molar-refractivity contribution is 5.68. The van der Waals surface area contributed by atoms with Crippen LogP contribution in [0, 0.1) is 29.1 Å². The summed E-state index contributed by atoms with van der Waals surface area (Å²) in [4.78, 5) is 14.6. The quantitative estimate of drug-likeness (QED) is 0.723. The van der Waals surface area contributed by atoms with Crippen LogP contribution in [0.2, 0.25) is 0 Å². The lowest BCUT2D eigenvalue weighted by Gasteiger charge is -2.44. The van der Waals surface area contributed by atoms with E-state index in [2.05, 4.69) is 13.0 Å². The molecule has 1 saturated heterocycles. The van der Waals surface area contributed by atoms with Gasteiger partial charge in [0.25, 0.3) is 0 Å². The van der Waals surface area contributed by atoms with Crippen LogP contribution in [0.3, 0.4) is 0 Å². The van der Waals surface area contributed by atoms with E-state index < -0.39 is 5.60 Å². The van der Waals surface area contributed by atoms with Gasteiger partial charge in [0.2, 0.25) is 0 Å². The summed E-state index contributed by atoms with van der Waals surface area (Å²) in [6, 6.07) is 2.69. The Hall–Kier alpha value is -1.24. The summed E-state index contributed by atoms with van der Waals surface area (Å²) in [6.45, 7) is 8.78. The van der Waals surface area contributed by atoms with Crippen molar-refractivity contribution in [3.63, 3.8) is 0 Å². The van der Waals surface area contributed by atoms with Crippen molar-refractivity contribution in [2.75, 3.05) is 6.54 Å². The van der Waals surface area contributed by atoms with Crippen LogP contribution in [0.4, 0.5) is 4.79 Å². The first kappa shape index (κ1) is 17.1. The number of piperidine rings is 1. The van der Waals surface area contributed by atoms with Crippen molar-refractivity contribution in [3.8, 4) is 6.07 Å². The molecule has 0 bridgehead atoms. The number of amides is 1. The van der Waals surface area contributed by atoms with Gasteiger partial charge in [0.15, 0.2) is 0 Å². The fourth-order valence-corrected chi connectivity index (χ4v) is 3.83. The normalized spacial score (nSPS) is 33.1. The van der Waals surface area contributed by atoms with E-state index in [9.17, 15) is 4.79 Å². The maximum Gasteiger partial charge on any atom is 0.410 e. The summed E-state index contributed by atoms with van der Waals surface area (Å²) in [7, 11) is 0. The van der Waals surface area contributed by atoms with Crippen molar-refractivity contribution < 1.29 is 9.53 Å². The molecule has 1 amide bonds. The summed E-state index contributed by atoms with van der Waals surface area (Å²) in [5.74, 6) is 1.29. The molecule has 0 aromatic carbocycles. The Labute approximate surface area is 134 Å². The molecule has 2 aliphatic rings. The van der Waals surface area contributed by atoms with Gasteiger partial charge in [-0.2, -0.15) is 5.26 Å². The molecule has 0 unspecified atom stereocenters. The molecule has 1 aliphatic heterocycles. The highest BCUT2D eigenvalue weighted by Crippen LogP contribution is 2.37. The lowest BCUT2D eigenvalue weighted by atomic mass is 9.75. The van der Waals surface area contributed by atoms with Gasteiger partial charge in [0, 0.05) is 18.5 Å². The van der Waals surface area contributed by atoms with E-state index in [-0.39, 0.29) is 12.0 Å². The molecule has 2 rings (SSSR count). The number of rotatable bonds is 1. The van der Waals surface area contributed by atoms with E-state index in [0.717, 1.165) is 38.6 Å². The molecule has 0 spiro atoms. The van der Waals surface area contributed by atoms with E-state index in [0.29, 0.717) is 17.9 Å². The summed E-state index contributed by atoms with van der Waals surface area (Å²) in [5.41, 5.74) is -0.444. The monoisotopic (exact) mass is 306 g/mol. The second-order valence-corrected chi connectivity index (χ2v) is 8.12. The van der Waals surface area contributed by atoms with E-state index in [1.54, 1.807) is 0 Å². The molecule has 1 saturated carbocycles. The first-order valence-corrected chi connectivity index (χ1v) is 8.69. The lowest BCUT2D eigenvalue weighted by Crippen LogP contribution is -2.51. The van der Waals surface area contributed by atoms with Gasteiger partial charge in [0.05, 0.1) is 6.07 Å². The molecule has 0 N–H and O–H groups in total. The van der Waals surface area contributed by atoms with Crippen LogP contribution >= 0.6 is 0 Å². The molecule has 1 heterocycles. The molecule has 22 heavy (non-hydrogen) atoms. The van der Waals surface area contributed by atoms with Gasteiger partial charge in [-0.1, -0.05) is 6.92 Å². The second kappa shape index (κ2) is 6.89. The van der Waals surface area contributed by atoms with Crippen LogP contribution in [0.5, 0.6) is 0 Å². The molecular weight excluding hydrogens is 276 g/mol. The molecule has 1 aliphatic carbocycles. The number of hydrogen-bond donors (Lipinski definition) is 0. The first-order chi connectivity index (χ1) is 10.3. The molecule has 0 aromatic heterocycles. The van der Waals surface area contributed by atoms with Gasteiger partial charge in [-0.25, -0.2) is 4.79 Å². The summed E-state index contributed by atoms with van der Waals surface area (Å²) < 4.78 is 5.62. The average Bonchev–Trinajstić information content (AvgIpc) is 2.45. The highest BCUT2D eigenvalue weighted by atomic mass is 16.6. The van der Waals surface area contributed by atoms with Gasteiger partial charge >= 0.3 is 6.09 Å². The fraction of sp³-hybridized carbons (Fsp3) is 0.889. The number of nitrogens with zero attached hydrogens (tertiary/aromatic N) is 2. The van der Waals surface area contributed by atoms with Crippen LogP contribution in [-0.4, -0.2) is 29.2 Å². The van der Waals surface area contributed by atoms with E-state index in [4.69, 9.17) is 10.00 Å². The minimum Gasteiger partial charge on any atom is -0.444 e. The minimum absolute atomic E-state index is 0.161. The predicted molar refractivity (Wildman–Crippen MR) is 86.2 cm³/mol. The SMILES string of the molecule is C[C@@H]1CC[C@@H](C2CCC(C#N)CC2)N(C(=O)OC(C)(C)C)C1. The standard InChI is InChI=1S/C18H30N2O2/c1-13-5-10-16(15-8-6-14(11-19)7-9-15)20(12-13)17(21)22-18(2,3)4/h13-16H,5-10,12H2,1-4H3/t13-,14?,15?,16+/m1/s1. The Morgan fingerprint density at radius 3 is 2.32 bits per heavy atom. The molecule has 0 aromatic rings. The number of carbonyl (C=O) groups is 1. The second-order valence-electron chi connectivity index (χ2n) is 8.12. The van der Waals surface area contributed by atoms with Gasteiger partial charge in [-0.3, -0.25) is 0 Å². The number of hydrogen-bond acceptors (Lipinski definition) is 3. The maximum atomic E-state index is 12.6. The minimum atomic E-state index is -0.444. The zero-order valence-electron chi connectivity index (χ0n) is 14.5. The van der Waals surface area contributed by atoms with Gasteiger partial charge in [0.1, 0.15) is 5.60 Å². The summed E-state index contributed by atoms with van der Waals surface area (Å²) >= 11 is 0. The first-order valence-electron chi connectivity index (χ1n) is 8.69. The largest absolute Gasteiger partial charge is 0.444 e. The van der Waals surface area contributed by atoms with Gasteiger partial charge in [-0.05, 0) is 71.1 Å². The third kappa shape index (κ3) is 4.38. The van der Waals surface area contributed by atoms with E-state index in [1.165, 1.54) is 6.42 Å². The Morgan fingerprint density at radius 1 is 1.14 bits per heavy atom. The molecular formula is C18H30N2O2. The van der Waals surface area contributed by atoms with Crippen molar-refractivity contribution in [1.82, 2.24) is 4.90 Å². The smallest absolute Gasteiger partial charge is 0.410 e. The summed E-state index contributed by atoms with van der Waals surface area (Å²) in [5, 5.41) is 9.06. The Bertz CT molecular complexity index is 427. The van der Waals surface area contributed by atoms with Crippen LogP contribution < -0.4 is 0 Å². The van der Waals surface area contributed by atoms with Crippen molar-refractivity contribution in [2.45, 2.75) is 77.9 Å². The van der Waals surface area contributed by atoms with Crippen molar-refractivity contribution >= 4 is 6.09 Å². The van der Waals surface area contributed by atoms with Crippen LogP contribution in [0.1, 0.15) is 66.2 Å². The fourth-order valence-electron chi connectivity index (χ4n) is 3.83. The molecule has 2 atom stereocenters. The molecule has 124 valence electrons. The lowest BCUT2D eigenvalue weighted by molar-refractivity contribution is -0.00945. The van der Waals surface area contributed by atoms with Crippen LogP contribution in [0.15, 0.2) is 0 Å². The molecule has 4 nitrogen and oxygen atoms in total. The van der Waals surface area contributed by atoms with Crippen molar-refractivity contribution in [1.29, 1.82) is 5.26 Å². The Balaban J connectivity index is 2.04. The Kier molecular flexibility index (Phi) is 5.36. The number of carbonyl (C=O) groups excluding carboxylic acids is 1. The van der Waals surface area contributed by atoms with Gasteiger partial charge < -0.3 is 9.64 Å². The summed E-state index contributed by atoms with van der Waals surface area (Å²) in [6.07, 6.45) is 6.19. The predicted octanol–water partition coefficient (Wildman–Crippen LogP) is 4.35. The van der Waals surface area contributed by atoms with Crippen molar-refractivity contribution in [3.05, 3.63) is 0 Å². The topological polar surface area (TPSA) is 53.3 Å². The van der Waals surface area contributed by atoms with Crippen molar-refractivity contribution in [2.24, 2.45) is 17.8 Å². The maximum absolute atomic E-state index is 12.6. The van der Waals surface area contributed by atoms with Crippen LogP contribution in [-0.2, 0) is 4.74 Å². The zero-order chi connectivity index (χ0) is 16.3. The van der Waals surface area contributed by atoms with E-state index >= 15 is 0 Å². The van der Waals surface area contributed by atoms with Crippen LogP contribution in [0.25, 0.3) is 0 Å². The van der Waals surface area contributed by atoms with E-state index in [1.807, 2.05) is 25.7 Å². The molecule has 0 radical (unpaired) electrons. The molecule has 4 heteroatoms. The Morgan fingerprint density at radius 2 is 1.77 bits per heavy atom.